The Morgan fingerprint density at radius 3 is 2.63 bits per heavy atom. The zero-order valence-electron chi connectivity index (χ0n) is 14.2. The van der Waals surface area contributed by atoms with Gasteiger partial charge in [0.05, 0.1) is 16.9 Å². The quantitative estimate of drug-likeness (QED) is 0.404. The van der Waals surface area contributed by atoms with Gasteiger partial charge in [-0.2, -0.15) is 5.10 Å². The van der Waals surface area contributed by atoms with Crippen LogP contribution in [0.3, 0.4) is 0 Å². The number of hydrazone groups is 1. The number of benzene rings is 1. The van der Waals surface area contributed by atoms with E-state index in [-0.39, 0.29) is 11.4 Å². The van der Waals surface area contributed by atoms with Gasteiger partial charge in [-0.05, 0) is 48.9 Å². The summed E-state index contributed by atoms with van der Waals surface area (Å²) in [6.45, 7) is 1.67. The lowest BCUT2D eigenvalue weighted by atomic mass is 10.1. The molecule has 9 heteroatoms. The number of hydrogen-bond acceptors (Lipinski definition) is 7. The van der Waals surface area contributed by atoms with Crippen LogP contribution in [-0.2, 0) is 0 Å². The van der Waals surface area contributed by atoms with Gasteiger partial charge in [0.2, 0.25) is 0 Å². The third-order valence-electron chi connectivity index (χ3n) is 3.54. The fourth-order valence-electron chi connectivity index (χ4n) is 2.11. The number of nitro groups is 1. The number of hydrogen-bond donors (Lipinski definition) is 1. The second-order valence-electron chi connectivity index (χ2n) is 5.41. The van der Waals surface area contributed by atoms with Crippen molar-refractivity contribution in [2.75, 3.05) is 0 Å². The van der Waals surface area contributed by atoms with E-state index in [0.29, 0.717) is 22.8 Å². The highest BCUT2D eigenvalue weighted by Crippen LogP contribution is 2.13. The highest BCUT2D eigenvalue weighted by molar-refractivity contribution is 6.00. The second kappa shape index (κ2) is 7.91. The average molecular weight is 366 g/mol. The minimum atomic E-state index is -0.544. The van der Waals surface area contributed by atoms with Crippen molar-refractivity contribution in [1.29, 1.82) is 0 Å². The minimum Gasteiger partial charge on any atom is -0.465 e. The maximum absolute atomic E-state index is 12.1. The normalized spacial score (nSPS) is 11.7. The van der Waals surface area contributed by atoms with Gasteiger partial charge in [-0.3, -0.25) is 14.9 Å². The molecular weight excluding hydrogens is 352 g/mol. The number of nitrogens with zero attached hydrogens (tertiary/aromatic N) is 3. The molecule has 0 unspecified atom stereocenters. The lowest BCUT2D eigenvalue weighted by Gasteiger charge is -2.01. The molecule has 2 heterocycles. The van der Waals surface area contributed by atoms with Gasteiger partial charge in [-0.25, -0.2) is 5.43 Å². The Bertz CT molecular complexity index is 1000. The Morgan fingerprint density at radius 1 is 1.22 bits per heavy atom. The summed E-state index contributed by atoms with van der Waals surface area (Å²) < 4.78 is 10.2. The first kappa shape index (κ1) is 17.8. The molecule has 0 radical (unpaired) electrons. The van der Waals surface area contributed by atoms with Crippen molar-refractivity contribution in [3.8, 4) is 0 Å². The first-order chi connectivity index (χ1) is 13.0. The largest absolute Gasteiger partial charge is 0.465 e. The predicted molar refractivity (Wildman–Crippen MR) is 96.9 cm³/mol. The molecule has 0 atom stereocenters. The van der Waals surface area contributed by atoms with Crippen LogP contribution in [0.4, 0.5) is 5.69 Å². The monoisotopic (exact) mass is 366 g/mol. The molecular formula is C18H14N4O5. The summed E-state index contributed by atoms with van der Waals surface area (Å²) in [4.78, 5) is 22.3. The van der Waals surface area contributed by atoms with Crippen LogP contribution < -0.4 is 5.43 Å². The third kappa shape index (κ3) is 4.54. The standard InChI is InChI=1S/C18H14N4O5/c1-12(13-4-6-14(7-5-13)22(24)25)19-20-18(23)17-11-16(27-21-17)9-8-15-3-2-10-26-15/h2-11H,1H3,(H,20,23)/b9-8-,19-12-. The molecule has 0 aliphatic heterocycles. The molecule has 2 aromatic heterocycles. The molecule has 9 nitrogen and oxygen atoms in total. The van der Waals surface area contributed by atoms with E-state index in [1.165, 1.54) is 18.2 Å². The summed E-state index contributed by atoms with van der Waals surface area (Å²) in [6, 6.07) is 10.8. The van der Waals surface area contributed by atoms with Crippen LogP contribution in [-0.4, -0.2) is 21.7 Å². The van der Waals surface area contributed by atoms with Gasteiger partial charge in [0.15, 0.2) is 11.5 Å². The Morgan fingerprint density at radius 2 is 1.96 bits per heavy atom. The highest BCUT2D eigenvalue weighted by atomic mass is 16.6. The van der Waals surface area contributed by atoms with Crippen LogP contribution in [0.1, 0.15) is 34.5 Å². The zero-order valence-corrected chi connectivity index (χ0v) is 14.2. The molecule has 0 aliphatic rings. The van der Waals surface area contributed by atoms with Gasteiger partial charge in [0, 0.05) is 18.2 Å². The van der Waals surface area contributed by atoms with Gasteiger partial charge in [0.25, 0.3) is 11.6 Å². The van der Waals surface area contributed by atoms with E-state index in [0.717, 1.165) is 0 Å². The van der Waals surface area contributed by atoms with Gasteiger partial charge in [-0.15, -0.1) is 0 Å². The summed E-state index contributed by atoms with van der Waals surface area (Å²) in [5.74, 6) is 0.478. The highest BCUT2D eigenvalue weighted by Gasteiger charge is 2.11. The molecule has 0 saturated carbocycles. The maximum atomic E-state index is 12.1. The lowest BCUT2D eigenvalue weighted by Crippen LogP contribution is -2.19. The van der Waals surface area contributed by atoms with Gasteiger partial charge in [-0.1, -0.05) is 5.16 Å². The van der Waals surface area contributed by atoms with Crippen LogP contribution >= 0.6 is 0 Å². The van der Waals surface area contributed by atoms with Gasteiger partial charge in [0.1, 0.15) is 5.76 Å². The van der Waals surface area contributed by atoms with Crippen molar-refractivity contribution >= 4 is 29.5 Å². The van der Waals surface area contributed by atoms with E-state index in [4.69, 9.17) is 8.94 Å². The van der Waals surface area contributed by atoms with Crippen LogP contribution in [0.5, 0.6) is 0 Å². The molecule has 0 saturated heterocycles. The molecule has 1 aromatic carbocycles. The van der Waals surface area contributed by atoms with Crippen LogP contribution in [0.15, 0.2) is 62.8 Å². The first-order valence-electron chi connectivity index (χ1n) is 7.80. The fraction of sp³-hybridized carbons (Fsp3) is 0.0556. The molecule has 0 fully saturated rings. The predicted octanol–water partition coefficient (Wildman–Crippen LogP) is 3.50. The molecule has 3 rings (SSSR count). The molecule has 136 valence electrons. The number of aromatic nitrogens is 1. The van der Waals surface area contributed by atoms with Crippen LogP contribution in [0.25, 0.3) is 12.2 Å². The molecule has 27 heavy (non-hydrogen) atoms. The van der Waals surface area contributed by atoms with Crippen molar-refractivity contribution in [3.63, 3.8) is 0 Å². The summed E-state index contributed by atoms with van der Waals surface area (Å²) in [5, 5.41) is 18.3. The number of nitrogens with one attached hydrogen (secondary N) is 1. The van der Waals surface area contributed by atoms with Crippen LogP contribution in [0.2, 0.25) is 0 Å². The Labute approximate surface area is 153 Å². The summed E-state index contributed by atoms with van der Waals surface area (Å²) in [6.07, 6.45) is 4.84. The van der Waals surface area contributed by atoms with Crippen molar-refractivity contribution in [2.24, 2.45) is 5.10 Å². The molecule has 3 aromatic rings. The number of carbonyl (C=O) groups is 1. The number of rotatable bonds is 6. The Balaban J connectivity index is 1.63. The van der Waals surface area contributed by atoms with Crippen molar-refractivity contribution < 1.29 is 18.7 Å². The molecule has 0 spiro atoms. The fourth-order valence-corrected chi connectivity index (χ4v) is 2.11. The van der Waals surface area contributed by atoms with Crippen molar-refractivity contribution in [3.05, 3.63) is 81.6 Å². The maximum Gasteiger partial charge on any atom is 0.293 e. The molecule has 0 bridgehead atoms. The SMILES string of the molecule is C/C(=N/NC(=O)c1cc(/C=C\c2ccco2)on1)c1ccc([N+](=O)[O-])cc1. The number of carbonyl (C=O) groups excluding carboxylic acids is 1. The van der Waals surface area contributed by atoms with Crippen LogP contribution in [0, 0.1) is 10.1 Å². The Hall–Kier alpha value is -4.01. The lowest BCUT2D eigenvalue weighted by molar-refractivity contribution is -0.384. The minimum absolute atomic E-state index is 0.0201. The summed E-state index contributed by atoms with van der Waals surface area (Å²) in [7, 11) is 0. The molecule has 1 N–H and O–H groups in total. The van der Waals surface area contributed by atoms with E-state index in [2.05, 4.69) is 15.7 Å². The van der Waals surface area contributed by atoms with Gasteiger partial charge >= 0.3 is 0 Å². The zero-order chi connectivity index (χ0) is 19.2. The van der Waals surface area contributed by atoms with E-state index in [9.17, 15) is 14.9 Å². The number of nitro benzene ring substituents is 1. The van der Waals surface area contributed by atoms with Crippen molar-refractivity contribution in [1.82, 2.24) is 10.6 Å². The summed E-state index contributed by atoms with van der Waals surface area (Å²) >= 11 is 0. The topological polar surface area (TPSA) is 124 Å². The molecule has 0 aliphatic carbocycles. The second-order valence-corrected chi connectivity index (χ2v) is 5.41. The average Bonchev–Trinajstić information content (AvgIpc) is 3.36. The molecule has 1 amide bonds. The number of amides is 1. The van der Waals surface area contributed by atoms with E-state index in [1.807, 2.05) is 0 Å². The number of furan rings is 1. The third-order valence-corrected chi connectivity index (χ3v) is 3.54. The number of non-ortho nitro benzene ring substituents is 1. The van der Waals surface area contributed by atoms with Gasteiger partial charge < -0.3 is 8.94 Å². The summed E-state index contributed by atoms with van der Waals surface area (Å²) in [5.41, 5.74) is 3.54. The Kier molecular flexibility index (Phi) is 5.22. The smallest absolute Gasteiger partial charge is 0.293 e. The first-order valence-corrected chi connectivity index (χ1v) is 7.80. The van der Waals surface area contributed by atoms with E-state index in [1.54, 1.807) is 49.6 Å². The van der Waals surface area contributed by atoms with E-state index >= 15 is 0 Å². The van der Waals surface area contributed by atoms with E-state index < -0.39 is 10.8 Å². The van der Waals surface area contributed by atoms with Crippen molar-refractivity contribution in [2.45, 2.75) is 6.92 Å².